The average Bonchev–Trinajstić information content (AvgIpc) is 2.17. The molecular formula is C11H11N2. The smallest absolute Gasteiger partial charge is 0.128 e. The molecule has 1 aromatic carbocycles. The molecule has 1 radical (unpaired) electrons. The van der Waals surface area contributed by atoms with E-state index in [0.29, 0.717) is 0 Å². The number of aromatic nitrogens is 1. The number of benzene rings is 1. The minimum atomic E-state index is 0.985. The van der Waals surface area contributed by atoms with Gasteiger partial charge in [-0.05, 0) is 30.3 Å². The average molecular weight is 171 g/mol. The maximum Gasteiger partial charge on any atom is 0.128 e. The van der Waals surface area contributed by atoms with Crippen molar-refractivity contribution >= 4 is 16.7 Å². The van der Waals surface area contributed by atoms with Crippen LogP contribution in [-0.2, 0) is 0 Å². The van der Waals surface area contributed by atoms with Crippen LogP contribution in [0.5, 0.6) is 0 Å². The standard InChI is InChI=1S/C11H11N2/c1-13(2)11-8-7-9-5-3-4-6-10(9)12-11/h4-8H,1-2H3. The Balaban J connectivity index is 2.62. The van der Waals surface area contributed by atoms with Gasteiger partial charge in [0.05, 0.1) is 5.52 Å². The van der Waals surface area contributed by atoms with Crippen LogP contribution in [-0.4, -0.2) is 19.1 Å². The summed E-state index contributed by atoms with van der Waals surface area (Å²) in [6, 6.07) is 12.9. The van der Waals surface area contributed by atoms with Crippen LogP contribution in [0, 0.1) is 6.07 Å². The van der Waals surface area contributed by atoms with Gasteiger partial charge in [0.15, 0.2) is 0 Å². The van der Waals surface area contributed by atoms with Crippen molar-refractivity contribution in [3.63, 3.8) is 0 Å². The molecule has 0 bridgehead atoms. The third-order valence-corrected chi connectivity index (χ3v) is 1.98. The molecule has 1 heterocycles. The highest BCUT2D eigenvalue weighted by Crippen LogP contribution is 2.15. The monoisotopic (exact) mass is 171 g/mol. The van der Waals surface area contributed by atoms with E-state index in [1.165, 1.54) is 0 Å². The van der Waals surface area contributed by atoms with Gasteiger partial charge in [0.25, 0.3) is 0 Å². The van der Waals surface area contributed by atoms with Gasteiger partial charge in [-0.2, -0.15) is 0 Å². The van der Waals surface area contributed by atoms with Crippen molar-refractivity contribution in [1.29, 1.82) is 0 Å². The van der Waals surface area contributed by atoms with Gasteiger partial charge in [0.1, 0.15) is 5.82 Å². The second-order valence-corrected chi connectivity index (χ2v) is 3.18. The molecule has 2 nitrogen and oxygen atoms in total. The van der Waals surface area contributed by atoms with E-state index < -0.39 is 0 Å². The van der Waals surface area contributed by atoms with Crippen molar-refractivity contribution in [1.82, 2.24) is 4.98 Å². The number of nitrogens with zero attached hydrogens (tertiary/aromatic N) is 2. The summed E-state index contributed by atoms with van der Waals surface area (Å²) in [6.45, 7) is 0. The van der Waals surface area contributed by atoms with Gasteiger partial charge >= 0.3 is 0 Å². The third kappa shape index (κ3) is 1.47. The first-order valence-electron chi connectivity index (χ1n) is 4.21. The second kappa shape index (κ2) is 3.05. The van der Waals surface area contributed by atoms with Gasteiger partial charge in [-0.3, -0.25) is 0 Å². The Morgan fingerprint density at radius 2 is 2.08 bits per heavy atom. The quantitative estimate of drug-likeness (QED) is 0.653. The fourth-order valence-electron chi connectivity index (χ4n) is 1.24. The fourth-order valence-corrected chi connectivity index (χ4v) is 1.24. The first kappa shape index (κ1) is 8.05. The molecule has 1 aromatic heterocycles. The molecule has 0 atom stereocenters. The highest BCUT2D eigenvalue weighted by Gasteiger charge is 1.97. The predicted octanol–water partition coefficient (Wildman–Crippen LogP) is 2.10. The van der Waals surface area contributed by atoms with Crippen LogP contribution in [0.4, 0.5) is 5.82 Å². The van der Waals surface area contributed by atoms with E-state index in [1.54, 1.807) is 0 Å². The summed E-state index contributed by atoms with van der Waals surface area (Å²) in [4.78, 5) is 6.48. The number of hydrogen-bond acceptors (Lipinski definition) is 2. The summed E-state index contributed by atoms with van der Waals surface area (Å²) in [7, 11) is 3.98. The van der Waals surface area contributed by atoms with E-state index in [2.05, 4.69) is 17.1 Å². The second-order valence-electron chi connectivity index (χ2n) is 3.18. The first-order chi connectivity index (χ1) is 6.27. The molecule has 0 saturated carbocycles. The highest BCUT2D eigenvalue weighted by molar-refractivity contribution is 5.79. The SMILES string of the molecule is CN(C)c1ccc2c[c]ccc2n1. The minimum absolute atomic E-state index is 0.985. The molecule has 0 aliphatic carbocycles. The molecule has 2 aromatic rings. The van der Waals surface area contributed by atoms with Crippen molar-refractivity contribution in [3.05, 3.63) is 36.4 Å². The number of rotatable bonds is 1. The van der Waals surface area contributed by atoms with Crippen molar-refractivity contribution < 1.29 is 0 Å². The minimum Gasteiger partial charge on any atom is -0.363 e. The fraction of sp³-hybridized carbons (Fsp3) is 0.182. The van der Waals surface area contributed by atoms with Crippen LogP contribution in [0.2, 0.25) is 0 Å². The summed E-state index contributed by atoms with van der Waals surface area (Å²) >= 11 is 0. The zero-order chi connectivity index (χ0) is 9.26. The zero-order valence-corrected chi connectivity index (χ0v) is 7.78. The van der Waals surface area contributed by atoms with E-state index in [1.807, 2.05) is 43.3 Å². The van der Waals surface area contributed by atoms with E-state index in [-0.39, 0.29) is 0 Å². The molecule has 0 unspecified atom stereocenters. The molecule has 13 heavy (non-hydrogen) atoms. The number of hydrogen-bond donors (Lipinski definition) is 0. The molecule has 0 spiro atoms. The zero-order valence-electron chi connectivity index (χ0n) is 7.78. The summed E-state index contributed by atoms with van der Waals surface area (Å²) in [6.07, 6.45) is 0. The lowest BCUT2D eigenvalue weighted by Crippen LogP contribution is -2.10. The van der Waals surface area contributed by atoms with Gasteiger partial charge in [0.2, 0.25) is 0 Å². The molecule has 65 valence electrons. The largest absolute Gasteiger partial charge is 0.363 e. The Hall–Kier alpha value is -1.57. The lowest BCUT2D eigenvalue weighted by Gasteiger charge is -2.11. The molecule has 0 aliphatic heterocycles. The number of pyridine rings is 1. The van der Waals surface area contributed by atoms with E-state index in [4.69, 9.17) is 0 Å². The molecule has 0 amide bonds. The van der Waals surface area contributed by atoms with Crippen LogP contribution in [0.15, 0.2) is 30.3 Å². The Morgan fingerprint density at radius 1 is 1.23 bits per heavy atom. The highest BCUT2D eigenvalue weighted by atomic mass is 15.1. The molecular weight excluding hydrogens is 160 g/mol. The van der Waals surface area contributed by atoms with E-state index >= 15 is 0 Å². The summed E-state index contributed by atoms with van der Waals surface area (Å²) in [5, 5.41) is 1.13. The van der Waals surface area contributed by atoms with Crippen molar-refractivity contribution in [3.8, 4) is 0 Å². The Morgan fingerprint density at radius 3 is 2.85 bits per heavy atom. The van der Waals surface area contributed by atoms with Crippen LogP contribution < -0.4 is 4.90 Å². The Labute approximate surface area is 77.8 Å². The Bertz CT molecular complexity index is 421. The lowest BCUT2D eigenvalue weighted by atomic mass is 10.2. The topological polar surface area (TPSA) is 16.1 Å². The molecule has 0 saturated heterocycles. The lowest BCUT2D eigenvalue weighted by molar-refractivity contribution is 1.08. The van der Waals surface area contributed by atoms with Crippen molar-refractivity contribution in [2.24, 2.45) is 0 Å². The summed E-state index contributed by atoms with van der Waals surface area (Å²) in [5.41, 5.74) is 1.02. The van der Waals surface area contributed by atoms with E-state index in [9.17, 15) is 0 Å². The molecule has 2 heteroatoms. The van der Waals surface area contributed by atoms with Crippen LogP contribution in [0.3, 0.4) is 0 Å². The maximum atomic E-state index is 4.48. The molecule has 0 fully saturated rings. The molecule has 0 aliphatic rings. The first-order valence-corrected chi connectivity index (χ1v) is 4.21. The van der Waals surface area contributed by atoms with Gasteiger partial charge in [0, 0.05) is 19.5 Å². The van der Waals surface area contributed by atoms with Crippen molar-refractivity contribution in [2.45, 2.75) is 0 Å². The van der Waals surface area contributed by atoms with Gasteiger partial charge in [-0.15, -0.1) is 0 Å². The third-order valence-electron chi connectivity index (χ3n) is 1.98. The van der Waals surface area contributed by atoms with Crippen LogP contribution in [0.25, 0.3) is 10.9 Å². The predicted molar refractivity (Wildman–Crippen MR) is 54.9 cm³/mol. The number of fused-ring (bicyclic) bond motifs is 1. The summed E-state index contributed by atoms with van der Waals surface area (Å²) in [5.74, 6) is 0.985. The maximum absolute atomic E-state index is 4.48. The van der Waals surface area contributed by atoms with E-state index in [0.717, 1.165) is 16.7 Å². The van der Waals surface area contributed by atoms with Gasteiger partial charge < -0.3 is 4.90 Å². The van der Waals surface area contributed by atoms with Gasteiger partial charge in [-0.25, -0.2) is 4.98 Å². The summed E-state index contributed by atoms with van der Waals surface area (Å²) < 4.78 is 0. The number of anilines is 1. The van der Waals surface area contributed by atoms with Crippen LogP contribution >= 0.6 is 0 Å². The Kier molecular flexibility index (Phi) is 1.89. The normalized spacial score (nSPS) is 10.3. The molecule has 2 rings (SSSR count). The van der Waals surface area contributed by atoms with Gasteiger partial charge in [-0.1, -0.05) is 6.07 Å². The molecule has 0 N–H and O–H groups in total. The van der Waals surface area contributed by atoms with Crippen molar-refractivity contribution in [2.75, 3.05) is 19.0 Å². The van der Waals surface area contributed by atoms with Crippen LogP contribution in [0.1, 0.15) is 0 Å².